The minimum Gasteiger partial charge on any atom is -0.489 e. The summed E-state index contributed by atoms with van der Waals surface area (Å²) in [7, 11) is 0. The Labute approximate surface area is 207 Å². The van der Waals surface area contributed by atoms with E-state index in [4.69, 9.17) is 32.7 Å². The molecule has 2 amide bonds. The van der Waals surface area contributed by atoms with Gasteiger partial charge in [-0.05, 0) is 47.9 Å². The maximum atomic E-state index is 12.9. The van der Waals surface area contributed by atoms with Crippen molar-refractivity contribution in [2.45, 2.75) is 19.6 Å². The molecule has 0 saturated carbocycles. The van der Waals surface area contributed by atoms with Gasteiger partial charge in [-0.15, -0.1) is 0 Å². The molecule has 0 unspecified atom stereocenters. The number of benzene rings is 3. The molecule has 3 aromatic carbocycles. The molecule has 34 heavy (non-hydrogen) atoms. The summed E-state index contributed by atoms with van der Waals surface area (Å²) in [5.74, 6) is 0.124. The van der Waals surface area contributed by atoms with Crippen molar-refractivity contribution in [3.8, 4) is 5.75 Å². The average molecular weight is 497 g/mol. The molecule has 0 radical (unpaired) electrons. The van der Waals surface area contributed by atoms with E-state index < -0.39 is 18.0 Å². The van der Waals surface area contributed by atoms with Crippen LogP contribution in [0.2, 0.25) is 10.0 Å². The maximum Gasteiger partial charge on any atom is 0.338 e. The Morgan fingerprint density at radius 2 is 1.71 bits per heavy atom. The fourth-order valence-corrected chi connectivity index (χ4v) is 3.95. The highest BCUT2D eigenvalue weighted by atomic mass is 35.5. The number of rotatable bonds is 7. The van der Waals surface area contributed by atoms with Crippen molar-refractivity contribution >= 4 is 40.9 Å². The van der Waals surface area contributed by atoms with Crippen LogP contribution in [-0.2, 0) is 16.1 Å². The molecule has 1 aliphatic rings. The zero-order valence-electron chi connectivity index (χ0n) is 18.3. The van der Waals surface area contributed by atoms with Gasteiger partial charge in [-0.1, -0.05) is 71.7 Å². The molecule has 0 bridgehead atoms. The Kier molecular flexibility index (Phi) is 7.40. The summed E-state index contributed by atoms with van der Waals surface area (Å²) in [6, 6.07) is 20.6. The van der Waals surface area contributed by atoms with Crippen molar-refractivity contribution in [2.75, 3.05) is 6.61 Å². The predicted molar refractivity (Wildman–Crippen MR) is 132 cm³/mol. The van der Waals surface area contributed by atoms with E-state index >= 15 is 0 Å². The molecule has 1 atom stereocenters. The van der Waals surface area contributed by atoms with Gasteiger partial charge in [-0.3, -0.25) is 0 Å². The molecule has 1 heterocycles. The highest BCUT2D eigenvalue weighted by Crippen LogP contribution is 2.33. The number of hydrogen-bond acceptors (Lipinski definition) is 4. The third kappa shape index (κ3) is 5.35. The largest absolute Gasteiger partial charge is 0.489 e. The minimum atomic E-state index is -0.688. The third-order valence-electron chi connectivity index (χ3n) is 5.23. The number of nitrogens with one attached hydrogen (secondary N) is 2. The lowest BCUT2D eigenvalue weighted by molar-refractivity contribution is -0.138. The van der Waals surface area contributed by atoms with Crippen LogP contribution >= 0.6 is 23.2 Å². The van der Waals surface area contributed by atoms with Crippen LogP contribution in [0.15, 0.2) is 78.4 Å². The zero-order valence-corrected chi connectivity index (χ0v) is 19.8. The number of carbonyl (C=O) groups excluding carboxylic acids is 2. The molecule has 0 aromatic heterocycles. The number of hydrogen-bond donors (Lipinski definition) is 2. The molecule has 4 rings (SSSR count). The van der Waals surface area contributed by atoms with E-state index in [0.29, 0.717) is 44.8 Å². The van der Waals surface area contributed by atoms with Crippen molar-refractivity contribution in [3.63, 3.8) is 0 Å². The van der Waals surface area contributed by atoms with Crippen molar-refractivity contribution in [1.82, 2.24) is 10.6 Å². The first kappa shape index (κ1) is 23.7. The third-order valence-corrected chi connectivity index (χ3v) is 5.97. The molecule has 6 nitrogen and oxygen atoms in total. The zero-order chi connectivity index (χ0) is 24.1. The van der Waals surface area contributed by atoms with Gasteiger partial charge in [0.25, 0.3) is 0 Å². The fraction of sp³-hybridized carbons (Fsp3) is 0.154. The molecule has 1 aliphatic heterocycles. The number of ether oxygens (including phenoxy) is 2. The van der Waals surface area contributed by atoms with Crippen LogP contribution < -0.4 is 15.4 Å². The maximum absolute atomic E-state index is 12.9. The van der Waals surface area contributed by atoms with E-state index in [9.17, 15) is 9.59 Å². The Bertz CT molecular complexity index is 1230. The van der Waals surface area contributed by atoms with Gasteiger partial charge in [0.05, 0.1) is 34.0 Å². The van der Waals surface area contributed by atoms with Gasteiger partial charge >= 0.3 is 12.0 Å². The van der Waals surface area contributed by atoms with E-state index in [1.807, 2.05) is 48.5 Å². The van der Waals surface area contributed by atoms with Crippen molar-refractivity contribution < 1.29 is 19.1 Å². The highest BCUT2D eigenvalue weighted by molar-refractivity contribution is 6.42. The van der Waals surface area contributed by atoms with E-state index in [0.717, 1.165) is 5.56 Å². The summed E-state index contributed by atoms with van der Waals surface area (Å²) >= 11 is 12.0. The van der Waals surface area contributed by atoms with E-state index in [2.05, 4.69) is 10.6 Å². The number of halogens is 2. The highest BCUT2D eigenvalue weighted by Gasteiger charge is 2.34. The van der Waals surface area contributed by atoms with Crippen LogP contribution in [0.1, 0.15) is 29.7 Å². The van der Waals surface area contributed by atoms with Gasteiger partial charge < -0.3 is 20.1 Å². The normalized spacial score (nSPS) is 15.4. The standard InChI is InChI=1S/C26H22Cl2N2O4/c1-2-33-25(31)22-23(17-6-4-3-5-7-17)29-26(32)30-24(22)18-9-11-19(12-10-18)34-15-16-8-13-20(27)21(28)14-16/h3-14,24H,2,15H2,1H3,(H2,29,30,32)/t24-/m0/s1. The molecule has 0 saturated heterocycles. The molecular weight excluding hydrogens is 475 g/mol. The van der Waals surface area contributed by atoms with Gasteiger partial charge in [0.1, 0.15) is 12.4 Å². The quantitative estimate of drug-likeness (QED) is 0.399. The lowest BCUT2D eigenvalue weighted by atomic mass is 9.92. The lowest BCUT2D eigenvalue weighted by Crippen LogP contribution is -2.45. The number of urea groups is 1. The van der Waals surface area contributed by atoms with Crippen molar-refractivity contribution in [3.05, 3.63) is 105 Å². The summed E-state index contributed by atoms with van der Waals surface area (Å²) in [4.78, 5) is 25.4. The van der Waals surface area contributed by atoms with Gasteiger partial charge in [0, 0.05) is 0 Å². The van der Waals surface area contributed by atoms with E-state index in [1.165, 1.54) is 0 Å². The van der Waals surface area contributed by atoms with Crippen LogP contribution in [0.25, 0.3) is 5.70 Å². The molecule has 2 N–H and O–H groups in total. The van der Waals surface area contributed by atoms with Crippen molar-refractivity contribution in [1.29, 1.82) is 0 Å². The summed E-state index contributed by atoms with van der Waals surface area (Å²) in [6.07, 6.45) is 0. The number of esters is 1. The number of carbonyl (C=O) groups is 2. The molecule has 3 aromatic rings. The Morgan fingerprint density at radius 3 is 2.38 bits per heavy atom. The van der Waals surface area contributed by atoms with E-state index in [1.54, 1.807) is 31.2 Å². The van der Waals surface area contributed by atoms with Crippen LogP contribution in [0.4, 0.5) is 4.79 Å². The van der Waals surface area contributed by atoms with Gasteiger partial charge in [-0.2, -0.15) is 0 Å². The molecule has 0 aliphatic carbocycles. The predicted octanol–water partition coefficient (Wildman–Crippen LogP) is 5.90. The van der Waals surface area contributed by atoms with Gasteiger partial charge in [-0.25, -0.2) is 9.59 Å². The second-order valence-corrected chi connectivity index (χ2v) is 8.33. The molecular formula is C26H22Cl2N2O4. The lowest BCUT2D eigenvalue weighted by Gasteiger charge is -2.29. The first-order valence-corrected chi connectivity index (χ1v) is 11.4. The second kappa shape index (κ2) is 10.6. The summed E-state index contributed by atoms with van der Waals surface area (Å²) in [5.41, 5.74) is 3.06. The molecule has 174 valence electrons. The van der Waals surface area contributed by atoms with Crippen LogP contribution in [0.3, 0.4) is 0 Å². The van der Waals surface area contributed by atoms with Gasteiger partial charge in [0.15, 0.2) is 0 Å². The van der Waals surface area contributed by atoms with E-state index in [-0.39, 0.29) is 6.61 Å². The monoisotopic (exact) mass is 496 g/mol. The average Bonchev–Trinajstić information content (AvgIpc) is 2.85. The number of amides is 2. The van der Waals surface area contributed by atoms with Crippen LogP contribution in [-0.4, -0.2) is 18.6 Å². The summed E-state index contributed by atoms with van der Waals surface area (Å²) in [6.45, 7) is 2.27. The molecule has 8 heteroatoms. The molecule has 0 spiro atoms. The second-order valence-electron chi connectivity index (χ2n) is 7.51. The fourth-order valence-electron chi connectivity index (χ4n) is 3.63. The smallest absolute Gasteiger partial charge is 0.338 e. The Morgan fingerprint density at radius 1 is 0.971 bits per heavy atom. The first-order valence-electron chi connectivity index (χ1n) is 10.7. The SMILES string of the molecule is CCOC(=O)C1=C(c2ccccc2)NC(=O)N[C@H]1c1ccc(OCc2ccc(Cl)c(Cl)c2)cc1. The van der Waals surface area contributed by atoms with Gasteiger partial charge in [0.2, 0.25) is 0 Å². The Balaban J connectivity index is 1.61. The first-order chi connectivity index (χ1) is 16.5. The summed E-state index contributed by atoms with van der Waals surface area (Å²) < 4.78 is 11.2. The topological polar surface area (TPSA) is 76.7 Å². The molecule has 0 fully saturated rings. The minimum absolute atomic E-state index is 0.215. The van der Waals surface area contributed by atoms with Crippen molar-refractivity contribution in [2.24, 2.45) is 0 Å². The summed E-state index contributed by atoms with van der Waals surface area (Å²) in [5, 5.41) is 6.55. The Hall–Kier alpha value is -3.48. The van der Waals surface area contributed by atoms with Crippen LogP contribution in [0, 0.1) is 0 Å². The van der Waals surface area contributed by atoms with Crippen LogP contribution in [0.5, 0.6) is 5.75 Å².